The van der Waals surface area contributed by atoms with E-state index in [9.17, 15) is 4.79 Å². The molecule has 4 heteroatoms. The van der Waals surface area contributed by atoms with E-state index in [4.69, 9.17) is 0 Å². The zero-order chi connectivity index (χ0) is 14.0. The van der Waals surface area contributed by atoms with Crippen LogP contribution in [0.3, 0.4) is 0 Å². The van der Waals surface area contributed by atoms with Gasteiger partial charge in [0, 0.05) is 11.3 Å². The van der Waals surface area contributed by atoms with E-state index in [0.717, 1.165) is 13.0 Å². The van der Waals surface area contributed by atoms with Gasteiger partial charge in [0.15, 0.2) is 0 Å². The molecule has 2 atom stereocenters. The summed E-state index contributed by atoms with van der Waals surface area (Å²) >= 11 is 1.97. The molecule has 3 nitrogen and oxygen atoms in total. The summed E-state index contributed by atoms with van der Waals surface area (Å²) in [5, 5.41) is 3.52. The molecule has 19 heavy (non-hydrogen) atoms. The van der Waals surface area contributed by atoms with E-state index in [1.165, 1.54) is 25.7 Å². The maximum absolute atomic E-state index is 12.6. The monoisotopic (exact) mass is 284 g/mol. The lowest BCUT2D eigenvalue weighted by Crippen LogP contribution is -2.47. The van der Waals surface area contributed by atoms with Crippen molar-refractivity contribution in [1.82, 2.24) is 10.2 Å². The summed E-state index contributed by atoms with van der Waals surface area (Å²) in [5.41, 5.74) is 0. The smallest absolute Gasteiger partial charge is 0.241 e. The molecule has 0 radical (unpaired) electrons. The molecule has 1 aliphatic heterocycles. The number of thioether (sulfide) groups is 1. The SMILES string of the molecule is CCC1NC(C(C)C)N(CC2(SC)CCCC2)C1=O. The molecule has 110 valence electrons. The molecule has 0 aromatic rings. The molecule has 1 saturated carbocycles. The van der Waals surface area contributed by atoms with Gasteiger partial charge in [-0.3, -0.25) is 10.1 Å². The van der Waals surface area contributed by atoms with E-state index in [1.807, 2.05) is 11.8 Å². The van der Waals surface area contributed by atoms with Gasteiger partial charge in [-0.25, -0.2) is 0 Å². The van der Waals surface area contributed by atoms with Crippen molar-refractivity contribution in [2.75, 3.05) is 12.8 Å². The topological polar surface area (TPSA) is 32.3 Å². The van der Waals surface area contributed by atoms with Gasteiger partial charge in [-0.15, -0.1) is 0 Å². The van der Waals surface area contributed by atoms with Crippen molar-refractivity contribution in [3.8, 4) is 0 Å². The van der Waals surface area contributed by atoms with Gasteiger partial charge in [0.05, 0.1) is 12.2 Å². The highest BCUT2D eigenvalue weighted by atomic mass is 32.2. The van der Waals surface area contributed by atoms with Crippen LogP contribution in [0.5, 0.6) is 0 Å². The minimum Gasteiger partial charge on any atom is -0.324 e. The first-order valence-corrected chi connectivity index (χ1v) is 8.87. The maximum atomic E-state index is 12.6. The largest absolute Gasteiger partial charge is 0.324 e. The summed E-state index contributed by atoms with van der Waals surface area (Å²) in [6.45, 7) is 7.43. The van der Waals surface area contributed by atoms with E-state index in [0.29, 0.717) is 16.6 Å². The van der Waals surface area contributed by atoms with Gasteiger partial charge in [-0.2, -0.15) is 11.8 Å². The molecule has 0 aromatic heterocycles. The van der Waals surface area contributed by atoms with E-state index < -0.39 is 0 Å². The molecule has 1 amide bonds. The van der Waals surface area contributed by atoms with Gasteiger partial charge in [0.1, 0.15) is 0 Å². The number of carbonyl (C=O) groups is 1. The van der Waals surface area contributed by atoms with E-state index in [2.05, 4.69) is 37.2 Å². The lowest BCUT2D eigenvalue weighted by molar-refractivity contribution is -0.131. The Bertz CT molecular complexity index is 326. The second kappa shape index (κ2) is 6.04. The second-order valence-corrected chi connectivity index (χ2v) is 7.65. The van der Waals surface area contributed by atoms with E-state index >= 15 is 0 Å². The van der Waals surface area contributed by atoms with Crippen LogP contribution in [0, 0.1) is 5.92 Å². The van der Waals surface area contributed by atoms with Gasteiger partial charge in [0.25, 0.3) is 0 Å². The Morgan fingerprint density at radius 3 is 2.53 bits per heavy atom. The molecule has 0 bridgehead atoms. The lowest BCUT2D eigenvalue weighted by atomic mass is 10.0. The highest BCUT2D eigenvalue weighted by Gasteiger charge is 2.44. The van der Waals surface area contributed by atoms with Crippen LogP contribution in [0.25, 0.3) is 0 Å². The Labute approximate surface area is 121 Å². The fourth-order valence-electron chi connectivity index (χ4n) is 3.48. The minimum atomic E-state index is 0.0349. The van der Waals surface area contributed by atoms with Crippen molar-refractivity contribution in [3.63, 3.8) is 0 Å². The third-order valence-corrected chi connectivity index (χ3v) is 6.14. The highest BCUT2D eigenvalue weighted by molar-refractivity contribution is 8.00. The molecular formula is C15H28N2OS. The first kappa shape index (κ1) is 15.2. The molecule has 1 saturated heterocycles. The summed E-state index contributed by atoms with van der Waals surface area (Å²) in [4.78, 5) is 14.7. The fourth-order valence-corrected chi connectivity index (χ4v) is 4.45. The van der Waals surface area contributed by atoms with Gasteiger partial charge >= 0.3 is 0 Å². The molecule has 2 fully saturated rings. The number of rotatable bonds is 5. The van der Waals surface area contributed by atoms with Crippen molar-refractivity contribution in [1.29, 1.82) is 0 Å². The van der Waals surface area contributed by atoms with Gasteiger partial charge in [0.2, 0.25) is 5.91 Å². The number of nitrogens with one attached hydrogen (secondary N) is 1. The van der Waals surface area contributed by atoms with E-state index in [-0.39, 0.29) is 12.2 Å². The van der Waals surface area contributed by atoms with Crippen LogP contribution in [0.2, 0.25) is 0 Å². The van der Waals surface area contributed by atoms with Crippen LogP contribution in [-0.4, -0.2) is 40.6 Å². The van der Waals surface area contributed by atoms with Gasteiger partial charge in [-0.1, -0.05) is 33.6 Å². The molecule has 2 aliphatic rings. The van der Waals surface area contributed by atoms with Crippen molar-refractivity contribution >= 4 is 17.7 Å². The van der Waals surface area contributed by atoms with Crippen molar-refractivity contribution in [3.05, 3.63) is 0 Å². The summed E-state index contributed by atoms with van der Waals surface area (Å²) in [6.07, 6.45) is 8.49. The number of amides is 1. The molecule has 2 rings (SSSR count). The molecule has 1 aliphatic carbocycles. The normalized spacial score (nSPS) is 30.6. The molecule has 1 heterocycles. The predicted octanol–water partition coefficient (Wildman–Crippen LogP) is 2.85. The zero-order valence-corrected chi connectivity index (χ0v) is 13.6. The number of hydrogen-bond donors (Lipinski definition) is 1. The van der Waals surface area contributed by atoms with Crippen LogP contribution >= 0.6 is 11.8 Å². The zero-order valence-electron chi connectivity index (χ0n) is 12.7. The van der Waals surface area contributed by atoms with Crippen LogP contribution < -0.4 is 5.32 Å². The Kier molecular flexibility index (Phi) is 4.83. The minimum absolute atomic E-state index is 0.0349. The summed E-state index contributed by atoms with van der Waals surface area (Å²) in [6, 6.07) is 0.0349. The Morgan fingerprint density at radius 1 is 1.42 bits per heavy atom. The van der Waals surface area contributed by atoms with Gasteiger partial charge in [-0.05, 0) is 31.4 Å². The molecule has 2 unspecified atom stereocenters. The molecular weight excluding hydrogens is 256 g/mol. The summed E-state index contributed by atoms with van der Waals surface area (Å²) in [5.74, 6) is 0.794. The van der Waals surface area contributed by atoms with Crippen molar-refractivity contribution in [2.45, 2.75) is 69.8 Å². The number of carbonyl (C=O) groups excluding carboxylic acids is 1. The average molecular weight is 284 g/mol. The van der Waals surface area contributed by atoms with Crippen LogP contribution in [-0.2, 0) is 4.79 Å². The Balaban J connectivity index is 2.13. The quantitative estimate of drug-likeness (QED) is 0.842. The first-order chi connectivity index (χ1) is 9.03. The third-order valence-electron chi connectivity index (χ3n) is 4.73. The van der Waals surface area contributed by atoms with Crippen LogP contribution in [0.15, 0.2) is 0 Å². The molecule has 0 aromatic carbocycles. The van der Waals surface area contributed by atoms with Crippen LogP contribution in [0.4, 0.5) is 0 Å². The number of hydrogen-bond acceptors (Lipinski definition) is 3. The maximum Gasteiger partial charge on any atom is 0.241 e. The summed E-state index contributed by atoms with van der Waals surface area (Å²) < 4.78 is 0.313. The molecule has 1 N–H and O–H groups in total. The highest BCUT2D eigenvalue weighted by Crippen LogP contribution is 2.41. The van der Waals surface area contributed by atoms with Gasteiger partial charge < -0.3 is 4.90 Å². The van der Waals surface area contributed by atoms with Crippen molar-refractivity contribution in [2.24, 2.45) is 5.92 Å². The predicted molar refractivity (Wildman–Crippen MR) is 82.3 cm³/mol. The first-order valence-electron chi connectivity index (χ1n) is 7.64. The second-order valence-electron chi connectivity index (χ2n) is 6.38. The van der Waals surface area contributed by atoms with Crippen molar-refractivity contribution < 1.29 is 4.79 Å². The fraction of sp³-hybridized carbons (Fsp3) is 0.933. The standard InChI is InChI=1S/C15H28N2OS/c1-5-12-14(18)17(13(16-12)11(2)3)10-15(19-4)8-6-7-9-15/h11-13,16H,5-10H2,1-4H3. The lowest BCUT2D eigenvalue weighted by Gasteiger charge is -2.36. The number of nitrogens with zero attached hydrogens (tertiary/aromatic N) is 1. The summed E-state index contributed by atoms with van der Waals surface area (Å²) in [7, 11) is 0. The Morgan fingerprint density at radius 2 is 2.05 bits per heavy atom. The Hall–Kier alpha value is -0.220. The average Bonchev–Trinajstić information content (AvgIpc) is 2.97. The van der Waals surface area contributed by atoms with Crippen LogP contribution in [0.1, 0.15) is 52.9 Å². The third kappa shape index (κ3) is 2.94. The van der Waals surface area contributed by atoms with E-state index in [1.54, 1.807) is 0 Å². The molecule has 0 spiro atoms.